The summed E-state index contributed by atoms with van der Waals surface area (Å²) in [6.07, 6.45) is 6.01. The quantitative estimate of drug-likeness (QED) is 0.485. The number of benzene rings is 2. The van der Waals surface area contributed by atoms with Crippen LogP contribution in [0.1, 0.15) is 63.1 Å². The van der Waals surface area contributed by atoms with E-state index in [1.165, 1.54) is 61.2 Å². The van der Waals surface area contributed by atoms with Crippen LogP contribution in [0.15, 0.2) is 42.5 Å². The fraction of sp³-hybridized carbons (Fsp3) is 0.500. The Labute approximate surface area is 188 Å². The molecule has 0 spiro atoms. The summed E-state index contributed by atoms with van der Waals surface area (Å²) in [5.41, 5.74) is 6.58. The summed E-state index contributed by atoms with van der Waals surface area (Å²) in [5, 5.41) is 4.26. The number of thiocarbonyl (C=S) groups is 1. The van der Waals surface area contributed by atoms with Crippen LogP contribution in [0.25, 0.3) is 0 Å². The topological polar surface area (TPSA) is 18.5 Å². The van der Waals surface area contributed by atoms with Gasteiger partial charge in [0.25, 0.3) is 0 Å². The third kappa shape index (κ3) is 5.75. The van der Waals surface area contributed by atoms with Crippen LogP contribution in [-0.2, 0) is 13.0 Å². The number of rotatable bonds is 8. The van der Waals surface area contributed by atoms with Crippen molar-refractivity contribution in [1.82, 2.24) is 4.90 Å². The average molecular weight is 424 g/mol. The van der Waals surface area contributed by atoms with Gasteiger partial charge in [-0.25, -0.2) is 0 Å². The first-order chi connectivity index (χ1) is 14.5. The van der Waals surface area contributed by atoms with Crippen LogP contribution in [0.4, 0.5) is 11.4 Å². The summed E-state index contributed by atoms with van der Waals surface area (Å²) < 4.78 is 0. The van der Waals surface area contributed by atoms with Gasteiger partial charge in [0, 0.05) is 37.1 Å². The molecular weight excluding hydrogens is 386 g/mol. The van der Waals surface area contributed by atoms with Gasteiger partial charge >= 0.3 is 0 Å². The molecule has 1 aliphatic heterocycles. The molecule has 162 valence electrons. The van der Waals surface area contributed by atoms with E-state index in [0.29, 0.717) is 6.04 Å². The Balaban J connectivity index is 1.75. The predicted molar refractivity (Wildman–Crippen MR) is 135 cm³/mol. The number of fused-ring (bicyclic) bond motifs is 1. The first kappa shape index (κ1) is 22.6. The Morgan fingerprint density at radius 2 is 2.03 bits per heavy atom. The molecule has 1 N–H and O–H groups in total. The molecule has 1 unspecified atom stereocenters. The van der Waals surface area contributed by atoms with E-state index in [-0.39, 0.29) is 0 Å². The maximum Gasteiger partial charge on any atom is 0.173 e. The fourth-order valence-corrected chi connectivity index (χ4v) is 4.53. The molecule has 0 aliphatic carbocycles. The highest BCUT2D eigenvalue weighted by atomic mass is 32.1. The molecule has 4 heteroatoms. The van der Waals surface area contributed by atoms with E-state index < -0.39 is 0 Å². The largest absolute Gasteiger partial charge is 0.371 e. The van der Waals surface area contributed by atoms with E-state index in [1.54, 1.807) is 0 Å². The van der Waals surface area contributed by atoms with E-state index in [4.69, 9.17) is 12.2 Å². The molecule has 2 aromatic carbocycles. The maximum atomic E-state index is 5.84. The smallest absolute Gasteiger partial charge is 0.173 e. The van der Waals surface area contributed by atoms with Crippen LogP contribution in [0.3, 0.4) is 0 Å². The lowest BCUT2D eigenvalue weighted by molar-refractivity contribution is 0.319. The molecule has 1 aliphatic rings. The molecular formula is C26H37N3S. The molecule has 0 aromatic heterocycles. The minimum absolute atomic E-state index is 0.381. The van der Waals surface area contributed by atoms with Gasteiger partial charge in [-0.2, -0.15) is 0 Å². The van der Waals surface area contributed by atoms with Crippen LogP contribution in [0, 0.1) is 6.92 Å². The Morgan fingerprint density at radius 1 is 1.20 bits per heavy atom. The molecule has 0 bridgehead atoms. The van der Waals surface area contributed by atoms with Gasteiger partial charge in [0.15, 0.2) is 5.11 Å². The molecule has 3 rings (SSSR count). The van der Waals surface area contributed by atoms with Crippen molar-refractivity contribution in [3.8, 4) is 0 Å². The summed E-state index contributed by atoms with van der Waals surface area (Å²) >= 11 is 5.84. The third-order valence-electron chi connectivity index (χ3n) is 6.15. The first-order valence-electron chi connectivity index (χ1n) is 11.5. The van der Waals surface area contributed by atoms with Gasteiger partial charge in [-0.1, -0.05) is 44.5 Å². The molecule has 0 amide bonds. The van der Waals surface area contributed by atoms with Crippen LogP contribution in [-0.4, -0.2) is 29.1 Å². The van der Waals surface area contributed by atoms with Gasteiger partial charge in [0.2, 0.25) is 0 Å². The van der Waals surface area contributed by atoms with Crippen molar-refractivity contribution < 1.29 is 0 Å². The molecule has 2 aromatic rings. The zero-order valence-corrected chi connectivity index (χ0v) is 19.9. The highest BCUT2D eigenvalue weighted by Crippen LogP contribution is 2.29. The number of hydrogen-bond acceptors (Lipinski definition) is 2. The average Bonchev–Trinajstić information content (AvgIpc) is 2.75. The van der Waals surface area contributed by atoms with Crippen molar-refractivity contribution in [3.63, 3.8) is 0 Å². The number of hydrogen-bond donors (Lipinski definition) is 1. The monoisotopic (exact) mass is 423 g/mol. The second-order valence-corrected chi connectivity index (χ2v) is 8.98. The fourth-order valence-electron chi connectivity index (χ4n) is 4.17. The molecule has 3 nitrogen and oxygen atoms in total. The van der Waals surface area contributed by atoms with E-state index >= 15 is 0 Å². The number of unbranched alkanes of at least 4 members (excludes halogenated alkanes) is 1. The maximum absolute atomic E-state index is 5.84. The Hall–Kier alpha value is -2.07. The third-order valence-corrected chi connectivity index (χ3v) is 6.48. The zero-order valence-electron chi connectivity index (χ0n) is 19.1. The van der Waals surface area contributed by atoms with Crippen LogP contribution >= 0.6 is 12.2 Å². The highest BCUT2D eigenvalue weighted by molar-refractivity contribution is 7.80. The van der Waals surface area contributed by atoms with E-state index in [0.717, 1.165) is 23.8 Å². The number of nitrogens with one attached hydrogen (secondary N) is 1. The minimum atomic E-state index is 0.381. The standard InChI is InChI=1S/C26H37N3S/c1-5-7-15-28-16-9-11-23-18-22(13-14-25(23)28)19-29(21(4)6-2)26(30)27-24-12-8-10-20(3)17-24/h8,10,12-14,17-18,21H,5-7,9,11,15-16,19H2,1-4H3,(H,27,30). The Morgan fingerprint density at radius 3 is 2.77 bits per heavy atom. The zero-order chi connectivity index (χ0) is 21.5. The lowest BCUT2D eigenvalue weighted by Crippen LogP contribution is -2.40. The van der Waals surface area contributed by atoms with Gasteiger partial charge in [0.1, 0.15) is 0 Å². The first-order valence-corrected chi connectivity index (χ1v) is 11.9. The van der Waals surface area contributed by atoms with Crippen molar-refractivity contribution in [1.29, 1.82) is 0 Å². The molecule has 30 heavy (non-hydrogen) atoms. The normalized spacial score (nSPS) is 14.2. The molecule has 1 heterocycles. The summed E-state index contributed by atoms with van der Waals surface area (Å²) in [6, 6.07) is 15.8. The summed E-state index contributed by atoms with van der Waals surface area (Å²) in [6.45, 7) is 12.1. The van der Waals surface area contributed by atoms with Gasteiger partial charge in [-0.3, -0.25) is 0 Å². The van der Waals surface area contributed by atoms with Gasteiger partial charge in [-0.15, -0.1) is 0 Å². The summed E-state index contributed by atoms with van der Waals surface area (Å²) in [4.78, 5) is 4.90. The second-order valence-electron chi connectivity index (χ2n) is 8.59. The second kappa shape index (κ2) is 10.8. The summed E-state index contributed by atoms with van der Waals surface area (Å²) in [5.74, 6) is 0. The number of anilines is 2. The van der Waals surface area contributed by atoms with Crippen molar-refractivity contribution in [3.05, 3.63) is 59.2 Å². The van der Waals surface area contributed by atoms with Crippen LogP contribution in [0.5, 0.6) is 0 Å². The molecule has 0 radical (unpaired) electrons. The van der Waals surface area contributed by atoms with Gasteiger partial charge < -0.3 is 15.1 Å². The number of nitrogens with zero attached hydrogens (tertiary/aromatic N) is 2. The molecule has 0 fully saturated rings. The summed E-state index contributed by atoms with van der Waals surface area (Å²) in [7, 11) is 0. The minimum Gasteiger partial charge on any atom is -0.371 e. The van der Waals surface area contributed by atoms with Crippen LogP contribution < -0.4 is 10.2 Å². The van der Waals surface area contributed by atoms with Gasteiger partial charge in [0.05, 0.1) is 0 Å². The lowest BCUT2D eigenvalue weighted by Gasteiger charge is -2.34. The van der Waals surface area contributed by atoms with E-state index in [1.807, 2.05) is 0 Å². The van der Waals surface area contributed by atoms with Crippen LogP contribution in [0.2, 0.25) is 0 Å². The number of aryl methyl sites for hydroxylation is 2. The van der Waals surface area contributed by atoms with Crippen molar-refractivity contribution >= 4 is 28.7 Å². The Bertz CT molecular complexity index is 848. The predicted octanol–water partition coefficient (Wildman–Crippen LogP) is 6.55. The van der Waals surface area contributed by atoms with E-state index in [9.17, 15) is 0 Å². The Kier molecular flexibility index (Phi) is 8.15. The highest BCUT2D eigenvalue weighted by Gasteiger charge is 2.20. The lowest BCUT2D eigenvalue weighted by atomic mass is 9.98. The van der Waals surface area contributed by atoms with Crippen molar-refractivity contribution in [2.75, 3.05) is 23.3 Å². The molecule has 1 atom stereocenters. The van der Waals surface area contributed by atoms with Crippen molar-refractivity contribution in [2.45, 2.75) is 72.4 Å². The molecule has 0 saturated carbocycles. The van der Waals surface area contributed by atoms with Gasteiger partial charge in [-0.05, 0) is 86.6 Å². The van der Waals surface area contributed by atoms with Crippen molar-refractivity contribution in [2.24, 2.45) is 0 Å². The van der Waals surface area contributed by atoms with E-state index in [2.05, 4.69) is 85.3 Å². The molecule has 0 saturated heterocycles. The SMILES string of the molecule is CCCCN1CCCc2cc(CN(C(=S)Nc3cccc(C)c3)C(C)CC)ccc21.